The van der Waals surface area contributed by atoms with E-state index in [2.05, 4.69) is 53.3 Å². The van der Waals surface area contributed by atoms with E-state index in [0.29, 0.717) is 6.61 Å². The van der Waals surface area contributed by atoms with Gasteiger partial charge in [-0.05, 0) is 41.3 Å². The van der Waals surface area contributed by atoms with Gasteiger partial charge in [0.05, 0.1) is 12.6 Å². The SMILES string of the molecule is Nc1ccccc1C1CC(c2ccc(OCCc3ccccc3)cc2)NN1. The number of anilines is 1. The molecule has 0 radical (unpaired) electrons. The van der Waals surface area contributed by atoms with Crippen LogP contribution in [0.4, 0.5) is 5.69 Å². The van der Waals surface area contributed by atoms with Gasteiger partial charge in [0.1, 0.15) is 5.75 Å². The van der Waals surface area contributed by atoms with Gasteiger partial charge in [-0.25, -0.2) is 10.9 Å². The molecule has 1 saturated heterocycles. The highest BCUT2D eigenvalue weighted by molar-refractivity contribution is 5.48. The first-order chi connectivity index (χ1) is 13.3. The van der Waals surface area contributed by atoms with Gasteiger partial charge in [-0.15, -0.1) is 0 Å². The number of para-hydroxylation sites is 1. The van der Waals surface area contributed by atoms with Crippen LogP contribution in [0.2, 0.25) is 0 Å². The van der Waals surface area contributed by atoms with E-state index in [-0.39, 0.29) is 12.1 Å². The molecule has 2 unspecified atom stereocenters. The molecule has 1 heterocycles. The zero-order valence-corrected chi connectivity index (χ0v) is 15.3. The first-order valence-corrected chi connectivity index (χ1v) is 9.42. The van der Waals surface area contributed by atoms with Crippen LogP contribution in [-0.2, 0) is 6.42 Å². The number of hydrogen-bond donors (Lipinski definition) is 3. The maximum Gasteiger partial charge on any atom is 0.119 e. The van der Waals surface area contributed by atoms with Crippen LogP contribution in [0.25, 0.3) is 0 Å². The predicted octanol–water partition coefficient (Wildman–Crippen LogP) is 4.17. The van der Waals surface area contributed by atoms with Crippen LogP contribution in [0.1, 0.15) is 35.2 Å². The Kier molecular flexibility index (Phi) is 5.37. The molecule has 4 nitrogen and oxygen atoms in total. The number of ether oxygens (including phenoxy) is 1. The highest BCUT2D eigenvalue weighted by atomic mass is 16.5. The zero-order chi connectivity index (χ0) is 18.5. The van der Waals surface area contributed by atoms with Gasteiger partial charge in [0.25, 0.3) is 0 Å². The minimum atomic E-state index is 0.220. The second-order valence-corrected chi connectivity index (χ2v) is 6.91. The summed E-state index contributed by atoms with van der Waals surface area (Å²) >= 11 is 0. The fraction of sp³-hybridized carbons (Fsp3) is 0.217. The van der Waals surface area contributed by atoms with Gasteiger partial charge in [-0.1, -0.05) is 60.7 Å². The number of benzene rings is 3. The van der Waals surface area contributed by atoms with Crippen molar-refractivity contribution in [1.29, 1.82) is 0 Å². The molecule has 0 bridgehead atoms. The third-order valence-corrected chi connectivity index (χ3v) is 5.06. The topological polar surface area (TPSA) is 59.3 Å². The molecular formula is C23H25N3O. The maximum absolute atomic E-state index is 6.11. The number of hydrazine groups is 1. The highest BCUT2D eigenvalue weighted by Crippen LogP contribution is 2.33. The smallest absolute Gasteiger partial charge is 0.119 e. The molecule has 2 atom stereocenters. The number of nitrogen functional groups attached to an aromatic ring is 1. The van der Waals surface area contributed by atoms with Crippen LogP contribution >= 0.6 is 0 Å². The Labute approximate surface area is 160 Å². The lowest BCUT2D eigenvalue weighted by Crippen LogP contribution is -2.27. The zero-order valence-electron chi connectivity index (χ0n) is 15.3. The molecule has 1 aliphatic heterocycles. The van der Waals surface area contributed by atoms with E-state index in [1.54, 1.807) is 0 Å². The van der Waals surface area contributed by atoms with E-state index in [1.165, 1.54) is 11.1 Å². The minimum absolute atomic E-state index is 0.220. The first kappa shape index (κ1) is 17.6. The Hall–Kier alpha value is -2.82. The molecule has 0 saturated carbocycles. The molecule has 27 heavy (non-hydrogen) atoms. The number of rotatable bonds is 6. The molecule has 4 rings (SSSR count). The molecule has 138 valence electrons. The first-order valence-electron chi connectivity index (χ1n) is 9.42. The summed E-state index contributed by atoms with van der Waals surface area (Å²) in [5.74, 6) is 0.907. The van der Waals surface area contributed by atoms with Gasteiger partial charge in [0, 0.05) is 18.2 Å². The van der Waals surface area contributed by atoms with Gasteiger partial charge < -0.3 is 10.5 Å². The van der Waals surface area contributed by atoms with Gasteiger partial charge in [0.15, 0.2) is 0 Å². The molecule has 4 heteroatoms. The number of nitrogens with two attached hydrogens (primary N) is 1. The third-order valence-electron chi connectivity index (χ3n) is 5.06. The Morgan fingerprint density at radius 3 is 2.30 bits per heavy atom. The van der Waals surface area contributed by atoms with Crippen molar-refractivity contribution in [2.75, 3.05) is 12.3 Å². The fourth-order valence-corrected chi connectivity index (χ4v) is 3.53. The van der Waals surface area contributed by atoms with Crippen molar-refractivity contribution >= 4 is 5.69 Å². The Morgan fingerprint density at radius 2 is 1.52 bits per heavy atom. The molecular weight excluding hydrogens is 334 g/mol. The lowest BCUT2D eigenvalue weighted by molar-refractivity contribution is 0.322. The van der Waals surface area contributed by atoms with Crippen LogP contribution in [0, 0.1) is 0 Å². The van der Waals surface area contributed by atoms with E-state index in [0.717, 1.165) is 29.8 Å². The maximum atomic E-state index is 6.11. The molecule has 1 aliphatic rings. The van der Waals surface area contributed by atoms with Crippen LogP contribution in [0.5, 0.6) is 5.75 Å². The average molecular weight is 359 g/mol. The van der Waals surface area contributed by atoms with Crippen LogP contribution in [0.15, 0.2) is 78.9 Å². The lowest BCUT2D eigenvalue weighted by atomic mass is 9.97. The monoisotopic (exact) mass is 359 g/mol. The number of hydrogen-bond acceptors (Lipinski definition) is 4. The summed E-state index contributed by atoms with van der Waals surface area (Å²) in [7, 11) is 0. The largest absolute Gasteiger partial charge is 0.493 e. The number of nitrogens with one attached hydrogen (secondary N) is 2. The Balaban J connectivity index is 1.32. The van der Waals surface area contributed by atoms with Crippen molar-refractivity contribution in [2.24, 2.45) is 0 Å². The normalized spacial score (nSPS) is 19.1. The summed E-state index contributed by atoms with van der Waals surface area (Å²) in [5.41, 5.74) is 17.4. The van der Waals surface area contributed by atoms with Crippen molar-refractivity contribution in [3.63, 3.8) is 0 Å². The third kappa shape index (κ3) is 4.30. The molecule has 0 amide bonds. The van der Waals surface area contributed by atoms with E-state index in [4.69, 9.17) is 10.5 Å². The van der Waals surface area contributed by atoms with Gasteiger partial charge in [0.2, 0.25) is 0 Å². The van der Waals surface area contributed by atoms with E-state index < -0.39 is 0 Å². The molecule has 0 aliphatic carbocycles. The Bertz CT molecular complexity index is 864. The highest BCUT2D eigenvalue weighted by Gasteiger charge is 2.27. The predicted molar refractivity (Wildman–Crippen MR) is 109 cm³/mol. The van der Waals surface area contributed by atoms with E-state index >= 15 is 0 Å². The van der Waals surface area contributed by atoms with Crippen molar-refractivity contribution in [2.45, 2.75) is 24.9 Å². The van der Waals surface area contributed by atoms with Gasteiger partial charge >= 0.3 is 0 Å². The summed E-state index contributed by atoms with van der Waals surface area (Å²) in [4.78, 5) is 0. The minimum Gasteiger partial charge on any atom is -0.493 e. The standard InChI is InChI=1S/C23H25N3O/c24-21-9-5-4-8-20(21)23-16-22(25-26-23)18-10-12-19(13-11-18)27-15-14-17-6-2-1-3-7-17/h1-13,22-23,25-26H,14-16,24H2. The Morgan fingerprint density at radius 1 is 0.815 bits per heavy atom. The summed E-state index contributed by atoms with van der Waals surface area (Å²) < 4.78 is 5.88. The summed E-state index contributed by atoms with van der Waals surface area (Å²) in [6, 6.07) is 27.3. The summed E-state index contributed by atoms with van der Waals surface area (Å²) in [6.07, 6.45) is 1.87. The summed E-state index contributed by atoms with van der Waals surface area (Å²) in [5, 5.41) is 0. The molecule has 1 fully saturated rings. The quantitative estimate of drug-likeness (QED) is 0.578. The van der Waals surface area contributed by atoms with Crippen molar-refractivity contribution in [3.8, 4) is 5.75 Å². The van der Waals surface area contributed by atoms with Crippen molar-refractivity contribution < 1.29 is 4.74 Å². The van der Waals surface area contributed by atoms with Crippen molar-refractivity contribution in [3.05, 3.63) is 95.6 Å². The molecule has 0 aromatic heterocycles. The summed E-state index contributed by atoms with van der Waals surface area (Å²) in [6.45, 7) is 0.682. The van der Waals surface area contributed by atoms with Crippen LogP contribution in [-0.4, -0.2) is 6.61 Å². The molecule has 0 spiro atoms. The molecule has 3 aromatic rings. The van der Waals surface area contributed by atoms with E-state index in [9.17, 15) is 0 Å². The second-order valence-electron chi connectivity index (χ2n) is 6.91. The average Bonchev–Trinajstić information content (AvgIpc) is 3.20. The van der Waals surface area contributed by atoms with Crippen LogP contribution < -0.4 is 21.3 Å². The lowest BCUT2D eigenvalue weighted by Gasteiger charge is -2.13. The fourth-order valence-electron chi connectivity index (χ4n) is 3.53. The van der Waals surface area contributed by atoms with Gasteiger partial charge in [-0.3, -0.25) is 0 Å². The molecule has 3 aromatic carbocycles. The van der Waals surface area contributed by atoms with Crippen LogP contribution in [0.3, 0.4) is 0 Å². The van der Waals surface area contributed by atoms with Gasteiger partial charge in [-0.2, -0.15) is 0 Å². The van der Waals surface area contributed by atoms with E-state index in [1.807, 2.05) is 36.4 Å². The molecule has 4 N–H and O–H groups in total. The van der Waals surface area contributed by atoms with Crippen molar-refractivity contribution in [1.82, 2.24) is 10.9 Å². The second kappa shape index (κ2) is 8.25.